The first-order chi connectivity index (χ1) is 19.1. The van der Waals surface area contributed by atoms with Crippen LogP contribution < -0.4 is 5.32 Å². The SMILES string of the molecule is CCCc1ccc(C(=O)OCC(CO)(CO)CNC(C)=O)s1.CO.Cc1cc(Cl)cc(CCC2CCC(Cl)C2)c1. The molecule has 40 heavy (non-hydrogen) atoms. The van der Waals surface area contributed by atoms with Gasteiger partial charge in [-0.15, -0.1) is 22.9 Å². The summed E-state index contributed by atoms with van der Waals surface area (Å²) >= 11 is 13.5. The molecular formula is C30H45Cl2NO6S. The Morgan fingerprint density at radius 2 is 1.82 bits per heavy atom. The summed E-state index contributed by atoms with van der Waals surface area (Å²) in [5.41, 5.74) is 1.54. The number of nitrogens with one attached hydrogen (secondary N) is 1. The quantitative estimate of drug-likeness (QED) is 0.183. The Balaban J connectivity index is 0.000000391. The van der Waals surface area contributed by atoms with Crippen molar-refractivity contribution in [3.63, 3.8) is 0 Å². The second kappa shape index (κ2) is 19.4. The van der Waals surface area contributed by atoms with E-state index in [1.54, 1.807) is 6.07 Å². The maximum absolute atomic E-state index is 12.0. The van der Waals surface area contributed by atoms with E-state index in [0.29, 0.717) is 10.3 Å². The molecule has 1 amide bonds. The number of ether oxygens (including phenoxy) is 1. The number of amides is 1. The van der Waals surface area contributed by atoms with Crippen molar-refractivity contribution >= 4 is 46.4 Å². The molecule has 226 valence electrons. The molecule has 1 saturated carbocycles. The Bertz CT molecular complexity index is 1010. The molecule has 1 aliphatic carbocycles. The molecule has 10 heteroatoms. The topological polar surface area (TPSA) is 116 Å². The molecule has 1 aromatic carbocycles. The highest BCUT2D eigenvalue weighted by molar-refractivity contribution is 7.13. The van der Waals surface area contributed by atoms with Crippen molar-refractivity contribution in [3.05, 3.63) is 56.2 Å². The van der Waals surface area contributed by atoms with Crippen LogP contribution in [0.25, 0.3) is 0 Å². The molecule has 2 atom stereocenters. The fraction of sp³-hybridized carbons (Fsp3) is 0.600. The van der Waals surface area contributed by atoms with Crippen LogP contribution in [-0.2, 0) is 22.4 Å². The molecule has 4 N–H and O–H groups in total. The van der Waals surface area contributed by atoms with Gasteiger partial charge in [0.1, 0.15) is 11.5 Å². The molecule has 0 aliphatic heterocycles. The number of benzene rings is 1. The summed E-state index contributed by atoms with van der Waals surface area (Å²) in [7, 11) is 1.00. The van der Waals surface area contributed by atoms with Gasteiger partial charge in [-0.2, -0.15) is 0 Å². The van der Waals surface area contributed by atoms with Crippen molar-refractivity contribution < 1.29 is 29.6 Å². The van der Waals surface area contributed by atoms with Crippen molar-refractivity contribution in [2.45, 2.75) is 71.1 Å². The second-order valence-corrected chi connectivity index (χ2v) is 12.5. The van der Waals surface area contributed by atoms with Crippen LogP contribution in [0.15, 0.2) is 30.3 Å². The predicted octanol–water partition coefficient (Wildman–Crippen LogP) is 5.56. The molecule has 0 spiro atoms. The minimum Gasteiger partial charge on any atom is -0.461 e. The van der Waals surface area contributed by atoms with Gasteiger partial charge in [-0.25, -0.2) is 4.79 Å². The smallest absolute Gasteiger partial charge is 0.348 e. The minimum atomic E-state index is -1.08. The zero-order valence-electron chi connectivity index (χ0n) is 24.1. The van der Waals surface area contributed by atoms with Gasteiger partial charge in [0, 0.05) is 35.9 Å². The van der Waals surface area contributed by atoms with Gasteiger partial charge in [-0.3, -0.25) is 4.79 Å². The Morgan fingerprint density at radius 1 is 1.12 bits per heavy atom. The van der Waals surface area contributed by atoms with Gasteiger partial charge in [0.05, 0.1) is 18.6 Å². The van der Waals surface area contributed by atoms with Gasteiger partial charge >= 0.3 is 5.97 Å². The van der Waals surface area contributed by atoms with E-state index in [2.05, 4.69) is 31.3 Å². The summed E-state index contributed by atoms with van der Waals surface area (Å²) in [6, 6.07) is 9.94. The Morgan fingerprint density at radius 3 is 2.38 bits per heavy atom. The van der Waals surface area contributed by atoms with E-state index in [0.717, 1.165) is 42.2 Å². The number of aliphatic hydroxyl groups is 3. The van der Waals surface area contributed by atoms with Gasteiger partial charge in [0.25, 0.3) is 0 Å². The number of hydrogen-bond donors (Lipinski definition) is 4. The van der Waals surface area contributed by atoms with Crippen molar-refractivity contribution in [2.24, 2.45) is 11.3 Å². The first-order valence-electron chi connectivity index (χ1n) is 13.7. The van der Waals surface area contributed by atoms with Crippen molar-refractivity contribution in [1.82, 2.24) is 5.32 Å². The van der Waals surface area contributed by atoms with Crippen LogP contribution in [0.4, 0.5) is 0 Å². The number of carbonyl (C=O) groups is 2. The first kappa shape index (κ1) is 36.3. The molecule has 2 unspecified atom stereocenters. The summed E-state index contributed by atoms with van der Waals surface area (Å²) in [5, 5.41) is 29.7. The lowest BCUT2D eigenvalue weighted by Gasteiger charge is -2.29. The summed E-state index contributed by atoms with van der Waals surface area (Å²) in [6.07, 6.45) is 8.00. The van der Waals surface area contributed by atoms with E-state index in [1.165, 1.54) is 55.1 Å². The highest BCUT2D eigenvalue weighted by Crippen LogP contribution is 2.32. The highest BCUT2D eigenvalue weighted by atomic mass is 35.5. The minimum absolute atomic E-state index is 0.0359. The number of halogens is 2. The van der Waals surface area contributed by atoms with Crippen LogP contribution in [0.1, 0.15) is 71.6 Å². The van der Waals surface area contributed by atoms with E-state index in [4.69, 9.17) is 33.0 Å². The fourth-order valence-corrected chi connectivity index (χ4v) is 6.07. The zero-order valence-corrected chi connectivity index (χ0v) is 26.4. The second-order valence-electron chi connectivity index (χ2n) is 10.3. The number of rotatable bonds is 12. The first-order valence-corrected chi connectivity index (χ1v) is 15.3. The molecule has 0 bridgehead atoms. The van der Waals surface area contributed by atoms with Crippen molar-refractivity contribution in [3.8, 4) is 0 Å². The lowest BCUT2D eigenvalue weighted by atomic mass is 9.91. The summed E-state index contributed by atoms with van der Waals surface area (Å²) in [4.78, 5) is 24.6. The summed E-state index contributed by atoms with van der Waals surface area (Å²) in [5.74, 6) is 0.0586. The van der Waals surface area contributed by atoms with Gasteiger partial charge in [-0.05, 0) is 86.8 Å². The molecule has 1 aliphatic rings. The van der Waals surface area contributed by atoms with Crippen LogP contribution in [0.3, 0.4) is 0 Å². The Hall–Kier alpha value is -1.68. The number of esters is 1. The maximum atomic E-state index is 12.0. The molecule has 1 aromatic heterocycles. The van der Waals surface area contributed by atoms with Gasteiger partial charge in [-0.1, -0.05) is 31.0 Å². The maximum Gasteiger partial charge on any atom is 0.348 e. The van der Waals surface area contributed by atoms with E-state index in [-0.39, 0.29) is 19.1 Å². The van der Waals surface area contributed by atoms with Gasteiger partial charge < -0.3 is 25.4 Å². The lowest BCUT2D eigenvalue weighted by molar-refractivity contribution is -0.120. The standard InChI is InChI=1S/C15H23NO5S.C14H18Cl2.CH4O/c1-3-4-12-5-6-13(22-12)14(20)21-10-15(8-17,9-18)7-16-11(2)19;1-10-6-12(9-14(16)7-10)3-2-11-4-5-13(15)8-11;1-2/h5-6,17-18H,3-4,7-10H2,1-2H3,(H,16,19);6-7,9,11,13H,2-5,8H2,1H3;2H,1H3. The molecule has 0 radical (unpaired) electrons. The van der Waals surface area contributed by atoms with Crippen molar-refractivity contribution in [2.75, 3.05) is 33.5 Å². The third-order valence-electron chi connectivity index (χ3n) is 6.67. The molecule has 0 saturated heterocycles. The van der Waals surface area contributed by atoms with Crippen LogP contribution in [0, 0.1) is 18.3 Å². The zero-order chi connectivity index (χ0) is 30.1. The number of thiophene rings is 1. The monoisotopic (exact) mass is 617 g/mol. The molecule has 1 fully saturated rings. The normalized spacial score (nSPS) is 16.3. The van der Waals surface area contributed by atoms with Crippen LogP contribution in [0.5, 0.6) is 0 Å². The Kier molecular flexibility index (Phi) is 17.7. The number of carbonyl (C=O) groups excluding carboxylic acids is 2. The number of hydrogen-bond acceptors (Lipinski definition) is 7. The fourth-order valence-electron chi connectivity index (χ4n) is 4.38. The van der Waals surface area contributed by atoms with E-state index in [9.17, 15) is 19.8 Å². The van der Waals surface area contributed by atoms with E-state index in [1.807, 2.05) is 12.1 Å². The molecule has 2 aromatic rings. The third-order valence-corrected chi connectivity index (χ3v) is 8.41. The molecule has 7 nitrogen and oxygen atoms in total. The molecule has 3 rings (SSSR count). The average Bonchev–Trinajstić information content (AvgIpc) is 3.58. The average molecular weight is 619 g/mol. The number of aliphatic hydroxyl groups excluding tert-OH is 3. The highest BCUT2D eigenvalue weighted by Gasteiger charge is 2.31. The largest absolute Gasteiger partial charge is 0.461 e. The van der Waals surface area contributed by atoms with Crippen molar-refractivity contribution in [1.29, 1.82) is 0 Å². The Labute approximate surface area is 252 Å². The van der Waals surface area contributed by atoms with Gasteiger partial charge in [0.15, 0.2) is 0 Å². The van der Waals surface area contributed by atoms with Crippen LogP contribution in [0.2, 0.25) is 5.02 Å². The number of alkyl halides is 1. The number of aryl methyl sites for hydroxylation is 3. The van der Waals surface area contributed by atoms with Gasteiger partial charge in [0.2, 0.25) is 5.91 Å². The third kappa shape index (κ3) is 13.3. The summed E-state index contributed by atoms with van der Waals surface area (Å²) < 4.78 is 5.20. The van der Waals surface area contributed by atoms with E-state index < -0.39 is 24.6 Å². The molecular weight excluding hydrogens is 573 g/mol. The predicted molar refractivity (Wildman–Crippen MR) is 164 cm³/mol. The van der Waals surface area contributed by atoms with E-state index >= 15 is 0 Å². The van der Waals surface area contributed by atoms with Crippen LogP contribution >= 0.6 is 34.5 Å². The lowest BCUT2D eigenvalue weighted by Crippen LogP contribution is -2.45. The summed E-state index contributed by atoms with van der Waals surface area (Å²) in [6.45, 7) is 4.57. The molecule has 1 heterocycles. The van der Waals surface area contributed by atoms with Crippen LogP contribution in [-0.4, -0.2) is 66.0 Å².